The van der Waals surface area contributed by atoms with E-state index in [2.05, 4.69) is 237 Å². The summed E-state index contributed by atoms with van der Waals surface area (Å²) in [6.07, 6.45) is 12.7. The first-order valence-corrected chi connectivity index (χ1v) is 38.6. The number of benzene rings is 8. The van der Waals surface area contributed by atoms with E-state index in [4.69, 9.17) is 56.7 Å². The summed E-state index contributed by atoms with van der Waals surface area (Å²) in [7, 11) is 6.25. The van der Waals surface area contributed by atoms with Crippen LogP contribution in [0.2, 0.25) is 0 Å². The van der Waals surface area contributed by atoms with Gasteiger partial charge in [0.15, 0.2) is 0 Å². The van der Waals surface area contributed by atoms with Crippen LogP contribution in [0.1, 0.15) is 141 Å². The molecule has 0 atom stereocenters. The Bertz CT molecular complexity index is 3930. The van der Waals surface area contributed by atoms with Gasteiger partial charge < -0.3 is 66.5 Å². The van der Waals surface area contributed by atoms with E-state index in [-0.39, 0.29) is 5.41 Å². The highest BCUT2D eigenvalue weighted by molar-refractivity contribution is 9.10. The molecule has 0 unspecified atom stereocenters. The molecule has 0 bridgehead atoms. The summed E-state index contributed by atoms with van der Waals surface area (Å²) in [5.74, 6) is 1.61. The summed E-state index contributed by atoms with van der Waals surface area (Å²) < 4.78 is 73.4. The highest BCUT2D eigenvalue weighted by Crippen LogP contribution is 2.59. The average Bonchev–Trinajstić information content (AvgIpc) is 1.56. The SMILES string of the molecule is CCCCCCC1(CCCCCC)c2cc(N(c3ccc(OC)cc3)c3ccc(-c4ccc(Br)cc4)cc3)ccc2-c2ccc(N(c3ccc(OC)cc3)c3ccc4c(c3)C(CCOCCOCCOCCOC)(CCOCCOCCOCCOC)c3cc(B5OC(C)(C)C(C)(C)O5)ccc3-4)cc21. The lowest BCUT2D eigenvalue weighted by Crippen LogP contribution is -2.41. The number of rotatable bonds is 44. The Labute approximate surface area is 628 Å². The summed E-state index contributed by atoms with van der Waals surface area (Å²) in [4.78, 5) is 4.89. The quantitative estimate of drug-likeness (QED) is 0.0266. The highest BCUT2D eigenvalue weighted by Gasteiger charge is 2.53. The summed E-state index contributed by atoms with van der Waals surface area (Å²) in [5.41, 5.74) is 17.9. The van der Waals surface area contributed by atoms with E-state index in [0.717, 1.165) is 99.6 Å². The molecule has 0 spiro atoms. The molecule has 0 saturated carbocycles. The first kappa shape index (κ1) is 78.2. The van der Waals surface area contributed by atoms with E-state index in [1.54, 1.807) is 28.4 Å². The second-order valence-corrected chi connectivity index (χ2v) is 29.6. The second kappa shape index (κ2) is 37.6. The van der Waals surface area contributed by atoms with Gasteiger partial charge in [-0.1, -0.05) is 142 Å². The van der Waals surface area contributed by atoms with Gasteiger partial charge in [-0.3, -0.25) is 0 Å². The topological polar surface area (TPSA) is 117 Å². The van der Waals surface area contributed by atoms with Gasteiger partial charge in [-0.25, -0.2) is 0 Å². The van der Waals surface area contributed by atoms with Crippen molar-refractivity contribution in [2.75, 3.05) is 131 Å². The summed E-state index contributed by atoms with van der Waals surface area (Å²) >= 11 is 3.64. The zero-order chi connectivity index (χ0) is 72.9. The monoisotopic (exact) mass is 1480 g/mol. The molecule has 0 radical (unpaired) electrons. The normalized spacial score (nSPS) is 14.9. The molecule has 11 rings (SSSR count). The van der Waals surface area contributed by atoms with Crippen LogP contribution in [-0.2, 0) is 58.0 Å². The minimum absolute atomic E-state index is 0.295. The van der Waals surface area contributed by atoms with Crippen molar-refractivity contribution >= 4 is 62.6 Å². The van der Waals surface area contributed by atoms with Gasteiger partial charge in [0.05, 0.1) is 105 Å². The van der Waals surface area contributed by atoms with Crippen LogP contribution in [0.4, 0.5) is 34.1 Å². The van der Waals surface area contributed by atoms with E-state index >= 15 is 0 Å². The van der Waals surface area contributed by atoms with E-state index in [1.807, 2.05) is 0 Å². The average molecular weight is 1480 g/mol. The fourth-order valence-corrected chi connectivity index (χ4v) is 15.5. The van der Waals surface area contributed by atoms with Gasteiger partial charge in [0.25, 0.3) is 0 Å². The Morgan fingerprint density at radius 2 is 0.654 bits per heavy atom. The second-order valence-electron chi connectivity index (χ2n) is 28.6. The third-order valence-electron chi connectivity index (χ3n) is 21.6. The zero-order valence-corrected chi connectivity index (χ0v) is 64.9. The maximum absolute atomic E-state index is 6.82. The van der Waals surface area contributed by atoms with Crippen LogP contribution in [0.3, 0.4) is 0 Å². The number of anilines is 6. The minimum Gasteiger partial charge on any atom is -0.497 e. The van der Waals surface area contributed by atoms with Crippen molar-refractivity contribution in [3.63, 3.8) is 0 Å². The zero-order valence-electron chi connectivity index (χ0n) is 63.3. The van der Waals surface area contributed by atoms with Crippen molar-refractivity contribution in [2.45, 2.75) is 141 Å². The van der Waals surface area contributed by atoms with Crippen molar-refractivity contribution < 1.29 is 56.7 Å². The molecule has 554 valence electrons. The molecule has 104 heavy (non-hydrogen) atoms. The summed E-state index contributed by atoms with van der Waals surface area (Å²) in [6, 6.07) is 63.2. The molecule has 0 aromatic heterocycles. The first-order chi connectivity index (χ1) is 50.7. The first-order valence-electron chi connectivity index (χ1n) is 37.8. The molecule has 8 aromatic rings. The van der Waals surface area contributed by atoms with E-state index < -0.39 is 23.7 Å². The fraction of sp³-hybridized carbons (Fsp3) is 0.455. The van der Waals surface area contributed by atoms with Gasteiger partial charge in [0.2, 0.25) is 0 Å². The fourth-order valence-electron chi connectivity index (χ4n) is 15.2. The van der Waals surface area contributed by atoms with Gasteiger partial charge in [0, 0.05) is 76.9 Å². The number of unbranched alkanes of at least 4 members (excludes halogenated alkanes) is 6. The predicted octanol–water partition coefficient (Wildman–Crippen LogP) is 20.0. The minimum atomic E-state index is -0.595. The van der Waals surface area contributed by atoms with E-state index in [1.165, 1.54) is 75.8 Å². The lowest BCUT2D eigenvalue weighted by atomic mass is 9.70. The predicted molar refractivity (Wildman–Crippen MR) is 426 cm³/mol. The maximum atomic E-state index is 6.82. The summed E-state index contributed by atoms with van der Waals surface area (Å²) in [5, 5.41) is 0. The molecule has 16 heteroatoms. The van der Waals surface area contributed by atoms with Crippen LogP contribution in [0.25, 0.3) is 33.4 Å². The Hall–Kier alpha value is -6.90. The van der Waals surface area contributed by atoms with Crippen LogP contribution in [0, 0.1) is 0 Å². The molecule has 2 aliphatic carbocycles. The number of nitrogens with zero attached hydrogens (tertiary/aromatic N) is 2. The lowest BCUT2D eigenvalue weighted by Gasteiger charge is -2.35. The van der Waals surface area contributed by atoms with Crippen molar-refractivity contribution in [3.8, 4) is 44.9 Å². The molecule has 1 saturated heterocycles. The molecule has 14 nitrogen and oxygen atoms in total. The van der Waals surface area contributed by atoms with Crippen LogP contribution in [-0.4, -0.2) is 139 Å². The largest absolute Gasteiger partial charge is 0.497 e. The molecule has 8 aromatic carbocycles. The molecule has 1 aliphatic heterocycles. The van der Waals surface area contributed by atoms with E-state index in [9.17, 15) is 0 Å². The molecule has 1 heterocycles. The van der Waals surface area contributed by atoms with E-state index in [0.29, 0.717) is 105 Å². The molecular weight excluding hydrogens is 1370 g/mol. The highest BCUT2D eigenvalue weighted by atomic mass is 79.9. The standard InChI is InChI=1S/C88H110BBrN2O12/c1-11-13-15-17-43-87(44-18-16-14-12-2)82-62-72(91(70-28-35-75(95-9)36-29-70)69-26-21-66(22-27-69)65-19-24-68(90)25-20-65)32-40-79(82)80-42-34-73(63-83(80)87)92(71-30-37-76(96-10)38-31-71)74-33-41-78-77-39-23-67(89-103-85(3,4)86(5,6)104-89)61-81(77)88(84(78)64-74,45-47-97-53-55-101-59-57-99-51-49-93-7)46-48-98-54-56-102-60-58-100-52-50-94-8/h19-42,61-64H,11-18,43-60H2,1-10H3. The van der Waals surface area contributed by atoms with Gasteiger partial charge in [-0.15, -0.1) is 0 Å². The molecule has 0 amide bonds. The number of hydrogen-bond acceptors (Lipinski definition) is 14. The van der Waals surface area contributed by atoms with Gasteiger partial charge in [-0.05, 0) is 224 Å². The van der Waals surface area contributed by atoms with Crippen molar-refractivity contribution in [2.24, 2.45) is 0 Å². The molecule has 0 N–H and O–H groups in total. The Morgan fingerprint density at radius 3 is 1.03 bits per heavy atom. The van der Waals surface area contributed by atoms with Gasteiger partial charge >= 0.3 is 7.12 Å². The van der Waals surface area contributed by atoms with Gasteiger partial charge in [0.1, 0.15) is 11.5 Å². The van der Waals surface area contributed by atoms with Crippen LogP contribution in [0.15, 0.2) is 174 Å². The Kier molecular flexibility index (Phi) is 28.2. The number of halogens is 1. The van der Waals surface area contributed by atoms with Crippen molar-refractivity contribution in [3.05, 3.63) is 197 Å². The molecule has 3 aliphatic rings. The Morgan fingerprint density at radius 1 is 0.337 bits per heavy atom. The van der Waals surface area contributed by atoms with Crippen molar-refractivity contribution in [1.82, 2.24) is 0 Å². The lowest BCUT2D eigenvalue weighted by molar-refractivity contribution is -0.00195. The van der Waals surface area contributed by atoms with Crippen LogP contribution >= 0.6 is 15.9 Å². The van der Waals surface area contributed by atoms with Crippen molar-refractivity contribution in [1.29, 1.82) is 0 Å². The smallest absolute Gasteiger partial charge is 0.494 e. The number of methoxy groups -OCH3 is 4. The summed E-state index contributed by atoms with van der Waals surface area (Å²) in [6.45, 7) is 19.8. The maximum Gasteiger partial charge on any atom is 0.494 e. The third kappa shape index (κ3) is 18.4. The number of fused-ring (bicyclic) bond motifs is 6. The van der Waals surface area contributed by atoms with Crippen LogP contribution < -0.4 is 24.7 Å². The molecular formula is C88H110BBrN2O12. The number of hydrogen-bond donors (Lipinski definition) is 0. The number of ether oxygens (including phenoxy) is 10. The van der Waals surface area contributed by atoms with Crippen LogP contribution in [0.5, 0.6) is 11.5 Å². The Balaban J connectivity index is 1.03. The molecule has 1 fully saturated rings. The third-order valence-corrected chi connectivity index (χ3v) is 22.1. The van der Waals surface area contributed by atoms with Gasteiger partial charge in [-0.2, -0.15) is 0 Å².